The highest BCUT2D eigenvalue weighted by Crippen LogP contribution is 2.16. The molecule has 0 aliphatic carbocycles. The second-order valence-electron chi connectivity index (χ2n) is 6.66. The molecule has 3 rings (SSSR count). The van der Waals surface area contributed by atoms with Gasteiger partial charge in [0.2, 0.25) is 5.91 Å². The van der Waals surface area contributed by atoms with Crippen LogP contribution >= 0.6 is 36.6 Å². The molecule has 0 saturated carbocycles. The van der Waals surface area contributed by atoms with Gasteiger partial charge in [-0.1, -0.05) is 12.1 Å². The molecule has 1 aromatic carbocycles. The normalized spacial score (nSPS) is 21.3. The van der Waals surface area contributed by atoms with E-state index in [1.165, 1.54) is 17.1 Å². The standard InChI is InChI=1S/C18H28N4OS.2ClH/c1-15-12-19-5-6-22(15)14-18(23)20-17-4-2-3-16(11-17)13-21-7-9-24-10-8-21;;/h2-4,11,15,19H,5-10,12-14H2,1H3,(H,20,23);2*1H/t15-;;/m0../s1. The number of rotatable bonds is 5. The zero-order chi connectivity index (χ0) is 16.8. The molecule has 0 unspecified atom stereocenters. The van der Waals surface area contributed by atoms with Crippen molar-refractivity contribution in [1.29, 1.82) is 0 Å². The zero-order valence-corrected chi connectivity index (χ0v) is 17.7. The minimum absolute atomic E-state index is 0. The molecular weight excluding hydrogens is 391 g/mol. The van der Waals surface area contributed by atoms with Crippen molar-refractivity contribution in [1.82, 2.24) is 15.1 Å². The molecule has 26 heavy (non-hydrogen) atoms. The molecule has 1 amide bonds. The lowest BCUT2D eigenvalue weighted by atomic mass is 10.2. The number of hydrogen-bond donors (Lipinski definition) is 2. The maximum Gasteiger partial charge on any atom is 0.238 e. The number of amides is 1. The topological polar surface area (TPSA) is 47.6 Å². The predicted octanol–water partition coefficient (Wildman–Crippen LogP) is 2.31. The van der Waals surface area contributed by atoms with E-state index in [1.807, 2.05) is 23.9 Å². The SMILES string of the molecule is C[C@H]1CNCCN1CC(=O)Nc1cccc(CN2CCSCC2)c1.Cl.Cl. The first-order valence-corrected chi connectivity index (χ1v) is 10.00. The molecule has 1 atom stereocenters. The van der Waals surface area contributed by atoms with Crippen LogP contribution < -0.4 is 10.6 Å². The number of halogens is 2. The van der Waals surface area contributed by atoms with E-state index in [-0.39, 0.29) is 30.7 Å². The van der Waals surface area contributed by atoms with Gasteiger partial charge in [-0.25, -0.2) is 0 Å². The molecule has 0 spiro atoms. The Morgan fingerprint density at radius 2 is 2.04 bits per heavy atom. The molecule has 2 saturated heterocycles. The number of nitrogens with one attached hydrogen (secondary N) is 2. The van der Waals surface area contributed by atoms with Crippen LogP contribution in [0.3, 0.4) is 0 Å². The number of carbonyl (C=O) groups excluding carboxylic acids is 1. The van der Waals surface area contributed by atoms with Crippen LogP contribution in [0.1, 0.15) is 12.5 Å². The summed E-state index contributed by atoms with van der Waals surface area (Å²) in [5.41, 5.74) is 2.18. The highest BCUT2D eigenvalue weighted by molar-refractivity contribution is 7.99. The first-order chi connectivity index (χ1) is 11.7. The maximum absolute atomic E-state index is 12.3. The third kappa shape index (κ3) is 7.25. The van der Waals surface area contributed by atoms with E-state index in [0.717, 1.165) is 45.0 Å². The minimum Gasteiger partial charge on any atom is -0.325 e. The van der Waals surface area contributed by atoms with E-state index in [9.17, 15) is 4.79 Å². The van der Waals surface area contributed by atoms with Crippen molar-refractivity contribution in [3.05, 3.63) is 29.8 Å². The largest absolute Gasteiger partial charge is 0.325 e. The Labute approximate surface area is 173 Å². The number of nitrogens with zero attached hydrogens (tertiary/aromatic N) is 2. The quantitative estimate of drug-likeness (QED) is 0.764. The second kappa shape index (κ2) is 12.1. The molecule has 0 aromatic heterocycles. The third-order valence-corrected chi connectivity index (χ3v) is 5.65. The average Bonchev–Trinajstić information content (AvgIpc) is 2.58. The molecule has 2 aliphatic rings. The van der Waals surface area contributed by atoms with Crippen LogP contribution in [0.15, 0.2) is 24.3 Å². The Kier molecular flexibility index (Phi) is 10.9. The summed E-state index contributed by atoms with van der Waals surface area (Å²) >= 11 is 2.03. The van der Waals surface area contributed by atoms with Crippen molar-refractivity contribution in [2.75, 3.05) is 56.1 Å². The molecule has 2 N–H and O–H groups in total. The Hall–Kier alpha value is -0.500. The van der Waals surface area contributed by atoms with E-state index in [0.29, 0.717) is 12.6 Å². The minimum atomic E-state index is 0. The zero-order valence-electron chi connectivity index (χ0n) is 15.3. The Bertz CT molecular complexity index is 558. The molecule has 2 fully saturated rings. The molecule has 8 heteroatoms. The second-order valence-corrected chi connectivity index (χ2v) is 7.89. The van der Waals surface area contributed by atoms with Crippen molar-refractivity contribution in [3.8, 4) is 0 Å². The van der Waals surface area contributed by atoms with Gasteiger partial charge in [0.1, 0.15) is 0 Å². The van der Waals surface area contributed by atoms with E-state index in [2.05, 4.69) is 39.5 Å². The van der Waals surface area contributed by atoms with Gasteiger partial charge >= 0.3 is 0 Å². The summed E-state index contributed by atoms with van der Waals surface area (Å²) in [4.78, 5) is 17.1. The van der Waals surface area contributed by atoms with Gasteiger partial charge in [-0.2, -0.15) is 11.8 Å². The molecule has 0 radical (unpaired) electrons. The Balaban J connectivity index is 0.00000169. The number of anilines is 1. The number of carbonyl (C=O) groups is 1. The summed E-state index contributed by atoms with van der Waals surface area (Å²) in [6, 6.07) is 8.69. The maximum atomic E-state index is 12.3. The molecule has 1 aromatic rings. The number of piperazine rings is 1. The molecule has 2 heterocycles. The van der Waals surface area contributed by atoms with Crippen molar-refractivity contribution in [3.63, 3.8) is 0 Å². The van der Waals surface area contributed by atoms with Gasteiger partial charge in [0.15, 0.2) is 0 Å². The fourth-order valence-electron chi connectivity index (χ4n) is 3.27. The van der Waals surface area contributed by atoms with Gasteiger partial charge in [0, 0.05) is 62.5 Å². The monoisotopic (exact) mass is 420 g/mol. The summed E-state index contributed by atoms with van der Waals surface area (Å²) in [7, 11) is 0. The fourth-order valence-corrected chi connectivity index (χ4v) is 4.25. The van der Waals surface area contributed by atoms with E-state index >= 15 is 0 Å². The van der Waals surface area contributed by atoms with Gasteiger partial charge in [-0.3, -0.25) is 14.6 Å². The smallest absolute Gasteiger partial charge is 0.238 e. The Morgan fingerprint density at radius 3 is 2.77 bits per heavy atom. The van der Waals surface area contributed by atoms with Crippen LogP contribution in [-0.2, 0) is 11.3 Å². The van der Waals surface area contributed by atoms with Crippen molar-refractivity contribution < 1.29 is 4.79 Å². The molecule has 2 aliphatic heterocycles. The van der Waals surface area contributed by atoms with Crippen LogP contribution in [0.2, 0.25) is 0 Å². The number of hydrogen-bond acceptors (Lipinski definition) is 5. The van der Waals surface area contributed by atoms with Crippen molar-refractivity contribution in [2.45, 2.75) is 19.5 Å². The first-order valence-electron chi connectivity index (χ1n) is 8.84. The highest BCUT2D eigenvalue weighted by atomic mass is 35.5. The van der Waals surface area contributed by atoms with Crippen LogP contribution in [0.25, 0.3) is 0 Å². The lowest BCUT2D eigenvalue weighted by Gasteiger charge is -2.33. The number of benzene rings is 1. The van der Waals surface area contributed by atoms with Crippen molar-refractivity contribution >= 4 is 48.2 Å². The first kappa shape index (κ1) is 23.5. The molecule has 5 nitrogen and oxygen atoms in total. The van der Waals surface area contributed by atoms with Crippen LogP contribution in [0, 0.1) is 0 Å². The fraction of sp³-hybridized carbons (Fsp3) is 0.611. The van der Waals surface area contributed by atoms with Crippen LogP contribution in [-0.4, -0.2) is 72.5 Å². The highest BCUT2D eigenvalue weighted by Gasteiger charge is 2.20. The summed E-state index contributed by atoms with van der Waals surface area (Å²) in [6.45, 7) is 8.76. The molecular formula is C18H30Cl2N4OS. The molecule has 148 valence electrons. The third-order valence-electron chi connectivity index (χ3n) is 4.71. The van der Waals surface area contributed by atoms with Gasteiger partial charge in [-0.15, -0.1) is 24.8 Å². The summed E-state index contributed by atoms with van der Waals surface area (Å²) in [6.07, 6.45) is 0. The predicted molar refractivity (Wildman–Crippen MR) is 116 cm³/mol. The van der Waals surface area contributed by atoms with E-state index in [1.54, 1.807) is 0 Å². The van der Waals surface area contributed by atoms with Crippen LogP contribution in [0.4, 0.5) is 5.69 Å². The van der Waals surface area contributed by atoms with Crippen LogP contribution in [0.5, 0.6) is 0 Å². The van der Waals surface area contributed by atoms with Gasteiger partial charge < -0.3 is 10.6 Å². The summed E-state index contributed by atoms with van der Waals surface area (Å²) < 4.78 is 0. The Morgan fingerprint density at radius 1 is 1.27 bits per heavy atom. The molecule has 0 bridgehead atoms. The lowest BCUT2D eigenvalue weighted by molar-refractivity contribution is -0.118. The van der Waals surface area contributed by atoms with Crippen molar-refractivity contribution in [2.24, 2.45) is 0 Å². The summed E-state index contributed by atoms with van der Waals surface area (Å²) in [5, 5.41) is 6.42. The van der Waals surface area contributed by atoms with Gasteiger partial charge in [-0.05, 0) is 24.6 Å². The van der Waals surface area contributed by atoms with Gasteiger partial charge in [0.05, 0.1) is 6.54 Å². The van der Waals surface area contributed by atoms with E-state index < -0.39 is 0 Å². The number of thioether (sulfide) groups is 1. The average molecular weight is 421 g/mol. The van der Waals surface area contributed by atoms with E-state index in [4.69, 9.17) is 0 Å². The lowest BCUT2D eigenvalue weighted by Crippen LogP contribution is -2.51. The van der Waals surface area contributed by atoms with Gasteiger partial charge in [0.25, 0.3) is 0 Å². The summed E-state index contributed by atoms with van der Waals surface area (Å²) in [5.74, 6) is 2.52.